The Balaban J connectivity index is 2.40. The largest absolute Gasteiger partial charge is 0.549 e. The van der Waals surface area contributed by atoms with Crippen LogP contribution < -0.4 is 5.11 Å². The van der Waals surface area contributed by atoms with Gasteiger partial charge in [-0.2, -0.15) is 0 Å². The maximum Gasteiger partial charge on any atom is 0.162 e. The Morgan fingerprint density at radius 3 is 1.93 bits per heavy atom. The number of rotatable bonds is 17. The van der Waals surface area contributed by atoms with Gasteiger partial charge in [0.25, 0.3) is 0 Å². The second kappa shape index (κ2) is 15.6. The molecule has 1 aromatic carbocycles. The van der Waals surface area contributed by atoms with E-state index in [0.717, 1.165) is 36.1 Å². The van der Waals surface area contributed by atoms with Crippen molar-refractivity contribution in [3.8, 4) is 0 Å². The highest BCUT2D eigenvalue weighted by Crippen LogP contribution is 2.27. The fourth-order valence-electron chi connectivity index (χ4n) is 3.25. The minimum absolute atomic E-state index is 0.177. The molecule has 0 aliphatic carbocycles. The van der Waals surface area contributed by atoms with Gasteiger partial charge in [0.05, 0.1) is 5.97 Å². The first-order chi connectivity index (χ1) is 13.6. The molecule has 1 rings (SSSR count). The third kappa shape index (κ3) is 10.9. The number of benzene rings is 1. The summed E-state index contributed by atoms with van der Waals surface area (Å²) in [5.41, 5.74) is 0.723. The summed E-state index contributed by atoms with van der Waals surface area (Å²) >= 11 is 1.34. The molecule has 0 saturated heterocycles. The first-order valence-corrected chi connectivity index (χ1v) is 12.0. The maximum absolute atomic E-state index is 12.3. The van der Waals surface area contributed by atoms with Gasteiger partial charge in [-0.15, -0.1) is 11.8 Å². The van der Waals surface area contributed by atoms with Crippen LogP contribution in [0, 0.1) is 0 Å². The van der Waals surface area contributed by atoms with E-state index in [1.165, 1.54) is 56.7 Å². The lowest BCUT2D eigenvalue weighted by Gasteiger charge is -2.17. The van der Waals surface area contributed by atoms with Gasteiger partial charge in [0, 0.05) is 22.1 Å². The molecule has 0 saturated carbocycles. The fourth-order valence-corrected chi connectivity index (χ4v) is 4.25. The predicted molar refractivity (Wildman–Crippen MR) is 117 cm³/mol. The standard InChI is InChI=1S/C24H38O3S/c1-3-5-7-9-11-13-15-23(24(26)27)28-21-18-16-20(17-19-21)22(25)14-12-10-8-6-4-2/h16-19,23H,3-15H2,1-2H3,(H,26,27)/p-1. The minimum Gasteiger partial charge on any atom is -0.549 e. The fraction of sp³-hybridized carbons (Fsp3) is 0.667. The third-order valence-electron chi connectivity index (χ3n) is 5.04. The van der Waals surface area contributed by atoms with Crippen LogP contribution in [0.2, 0.25) is 0 Å². The van der Waals surface area contributed by atoms with Crippen molar-refractivity contribution in [3.63, 3.8) is 0 Å². The first-order valence-electron chi connectivity index (χ1n) is 11.1. The zero-order chi connectivity index (χ0) is 20.6. The van der Waals surface area contributed by atoms with E-state index in [-0.39, 0.29) is 5.78 Å². The lowest BCUT2D eigenvalue weighted by atomic mass is 10.0. The number of carboxylic acids is 1. The first kappa shape index (κ1) is 24.7. The lowest BCUT2D eigenvalue weighted by molar-refractivity contribution is -0.304. The highest BCUT2D eigenvalue weighted by atomic mass is 32.2. The Morgan fingerprint density at radius 2 is 1.36 bits per heavy atom. The van der Waals surface area contributed by atoms with Gasteiger partial charge in [0.15, 0.2) is 5.78 Å². The molecule has 0 heterocycles. The molecule has 0 amide bonds. The topological polar surface area (TPSA) is 57.2 Å². The third-order valence-corrected chi connectivity index (χ3v) is 6.30. The van der Waals surface area contributed by atoms with E-state index in [2.05, 4.69) is 13.8 Å². The summed E-state index contributed by atoms with van der Waals surface area (Å²) in [6.07, 6.45) is 13.8. The minimum atomic E-state index is -0.995. The van der Waals surface area contributed by atoms with Crippen molar-refractivity contribution < 1.29 is 14.7 Å². The summed E-state index contributed by atoms with van der Waals surface area (Å²) in [6, 6.07) is 7.39. The maximum atomic E-state index is 12.3. The molecule has 4 heteroatoms. The highest BCUT2D eigenvalue weighted by molar-refractivity contribution is 8.00. The number of carboxylic acid groups (broad SMARTS) is 1. The number of hydrogen-bond acceptors (Lipinski definition) is 4. The molecule has 158 valence electrons. The Kier molecular flexibility index (Phi) is 13.8. The van der Waals surface area contributed by atoms with Gasteiger partial charge in [-0.1, -0.05) is 90.2 Å². The predicted octanol–water partition coefficient (Wildman–Crippen LogP) is 6.19. The molecule has 0 aliphatic rings. The molecule has 28 heavy (non-hydrogen) atoms. The molecular weight excluding hydrogens is 368 g/mol. The quantitative estimate of drug-likeness (QED) is 0.176. The zero-order valence-corrected chi connectivity index (χ0v) is 18.5. The van der Waals surface area contributed by atoms with E-state index in [1.54, 1.807) is 0 Å². The van der Waals surface area contributed by atoms with Gasteiger partial charge in [-0.05, 0) is 25.0 Å². The number of thioether (sulfide) groups is 1. The van der Waals surface area contributed by atoms with Crippen molar-refractivity contribution in [1.82, 2.24) is 0 Å². The molecule has 0 aliphatic heterocycles. The molecule has 1 aromatic rings. The Hall–Kier alpha value is -1.29. The van der Waals surface area contributed by atoms with Crippen molar-refractivity contribution in [2.24, 2.45) is 0 Å². The summed E-state index contributed by atoms with van der Waals surface area (Å²) in [4.78, 5) is 24.6. The van der Waals surface area contributed by atoms with Gasteiger partial charge < -0.3 is 9.90 Å². The van der Waals surface area contributed by atoms with E-state index < -0.39 is 11.2 Å². The zero-order valence-electron chi connectivity index (χ0n) is 17.7. The molecule has 0 radical (unpaired) electrons. The molecule has 1 unspecified atom stereocenters. The summed E-state index contributed by atoms with van der Waals surface area (Å²) in [7, 11) is 0. The van der Waals surface area contributed by atoms with Crippen LogP contribution >= 0.6 is 11.8 Å². The Labute approximate surface area is 175 Å². The smallest absolute Gasteiger partial charge is 0.162 e. The van der Waals surface area contributed by atoms with Crippen molar-refractivity contribution in [3.05, 3.63) is 29.8 Å². The summed E-state index contributed by atoms with van der Waals surface area (Å²) in [5.74, 6) is -0.817. The molecular formula is C24H37O3S-. The highest BCUT2D eigenvalue weighted by Gasteiger charge is 2.12. The summed E-state index contributed by atoms with van der Waals surface area (Å²) in [6.45, 7) is 4.37. The van der Waals surface area contributed by atoms with Gasteiger partial charge >= 0.3 is 0 Å². The monoisotopic (exact) mass is 405 g/mol. The van der Waals surface area contributed by atoms with Crippen LogP contribution in [0.1, 0.15) is 108 Å². The van der Waals surface area contributed by atoms with Crippen molar-refractivity contribution in [2.75, 3.05) is 0 Å². The molecule has 1 atom stereocenters. The van der Waals surface area contributed by atoms with E-state index in [4.69, 9.17) is 0 Å². The molecule has 0 aromatic heterocycles. The normalized spacial score (nSPS) is 12.1. The molecule has 0 fully saturated rings. The number of ketones is 1. The average molecular weight is 406 g/mol. The molecule has 0 bridgehead atoms. The van der Waals surface area contributed by atoms with Crippen LogP contribution in [-0.4, -0.2) is 17.0 Å². The van der Waals surface area contributed by atoms with E-state index in [0.29, 0.717) is 12.8 Å². The van der Waals surface area contributed by atoms with Crippen molar-refractivity contribution in [1.29, 1.82) is 0 Å². The Bertz CT molecular complexity index is 553. The van der Waals surface area contributed by atoms with Gasteiger partial charge in [0.2, 0.25) is 0 Å². The van der Waals surface area contributed by atoms with Crippen LogP contribution in [0.15, 0.2) is 29.2 Å². The number of unbranched alkanes of at least 4 members (excludes halogenated alkanes) is 9. The van der Waals surface area contributed by atoms with E-state index in [9.17, 15) is 14.7 Å². The van der Waals surface area contributed by atoms with Crippen LogP contribution in [0.25, 0.3) is 0 Å². The van der Waals surface area contributed by atoms with Gasteiger partial charge in [0.1, 0.15) is 0 Å². The lowest BCUT2D eigenvalue weighted by Crippen LogP contribution is -2.33. The SMILES string of the molecule is CCCCCCCCC(Sc1ccc(C(=O)CCCCCCC)cc1)C(=O)[O-]. The van der Waals surface area contributed by atoms with E-state index >= 15 is 0 Å². The Morgan fingerprint density at radius 1 is 0.821 bits per heavy atom. The second-order valence-corrected chi connectivity index (χ2v) is 8.87. The van der Waals surface area contributed by atoms with Crippen LogP contribution in [0.3, 0.4) is 0 Å². The van der Waals surface area contributed by atoms with Crippen molar-refractivity contribution in [2.45, 2.75) is 107 Å². The summed E-state index contributed by atoms with van der Waals surface area (Å²) in [5, 5.41) is 10.9. The van der Waals surface area contributed by atoms with E-state index in [1.807, 2.05) is 24.3 Å². The van der Waals surface area contributed by atoms with Crippen molar-refractivity contribution >= 4 is 23.5 Å². The molecule has 0 N–H and O–H groups in total. The van der Waals surface area contributed by atoms with Gasteiger partial charge in [-0.25, -0.2) is 0 Å². The molecule has 0 spiro atoms. The van der Waals surface area contributed by atoms with Crippen LogP contribution in [-0.2, 0) is 4.79 Å². The molecule has 3 nitrogen and oxygen atoms in total. The average Bonchev–Trinajstić information content (AvgIpc) is 2.69. The number of Topliss-reactive ketones (excluding diaryl/α,β-unsaturated/α-hetero) is 1. The van der Waals surface area contributed by atoms with Crippen LogP contribution in [0.5, 0.6) is 0 Å². The van der Waals surface area contributed by atoms with Gasteiger partial charge in [-0.3, -0.25) is 4.79 Å². The summed E-state index contributed by atoms with van der Waals surface area (Å²) < 4.78 is 0. The number of aliphatic carboxylic acids is 1. The number of hydrogen-bond donors (Lipinski definition) is 0. The number of carbonyl (C=O) groups is 2. The second-order valence-electron chi connectivity index (χ2n) is 7.59. The number of carbonyl (C=O) groups excluding carboxylic acids is 2. The van der Waals surface area contributed by atoms with Crippen LogP contribution in [0.4, 0.5) is 0 Å².